The van der Waals surface area contributed by atoms with Crippen molar-refractivity contribution in [3.05, 3.63) is 96.1 Å². The summed E-state index contributed by atoms with van der Waals surface area (Å²) in [5, 5.41) is 3.09. The summed E-state index contributed by atoms with van der Waals surface area (Å²) in [7, 11) is -4.05. The maximum Gasteiger partial charge on any atom is 0.264 e. The van der Waals surface area contributed by atoms with Gasteiger partial charge in [-0.3, -0.25) is 13.9 Å². The summed E-state index contributed by atoms with van der Waals surface area (Å²) in [4.78, 5) is 28.8. The Balaban J connectivity index is 1.66. The fourth-order valence-electron chi connectivity index (χ4n) is 4.90. The van der Waals surface area contributed by atoms with Crippen molar-refractivity contribution in [3.63, 3.8) is 0 Å². The van der Waals surface area contributed by atoms with Gasteiger partial charge in [-0.05, 0) is 61.6 Å². The summed E-state index contributed by atoms with van der Waals surface area (Å²) >= 11 is 0. The molecule has 8 heteroatoms. The summed E-state index contributed by atoms with van der Waals surface area (Å²) in [6.07, 6.45) is 4.83. The van der Waals surface area contributed by atoms with Crippen LogP contribution >= 0.6 is 0 Å². The molecule has 2 amide bonds. The second-order valence-corrected chi connectivity index (χ2v) is 11.9. The zero-order chi connectivity index (χ0) is 27.8. The molecule has 39 heavy (non-hydrogen) atoms. The normalized spacial score (nSPS) is 14.5. The van der Waals surface area contributed by atoms with Crippen molar-refractivity contribution in [1.82, 2.24) is 10.2 Å². The molecular formula is C31H37N3O4S. The molecule has 3 aromatic carbocycles. The van der Waals surface area contributed by atoms with Crippen molar-refractivity contribution in [2.75, 3.05) is 10.8 Å². The van der Waals surface area contributed by atoms with E-state index in [-0.39, 0.29) is 23.4 Å². The molecule has 1 N–H and O–H groups in total. The Morgan fingerprint density at radius 3 is 2.05 bits per heavy atom. The van der Waals surface area contributed by atoms with Crippen molar-refractivity contribution in [1.29, 1.82) is 0 Å². The molecule has 1 fully saturated rings. The molecule has 0 saturated heterocycles. The van der Waals surface area contributed by atoms with Gasteiger partial charge in [0, 0.05) is 12.6 Å². The van der Waals surface area contributed by atoms with E-state index < -0.39 is 28.5 Å². The highest BCUT2D eigenvalue weighted by molar-refractivity contribution is 7.92. The maximum atomic E-state index is 14.0. The number of anilines is 1. The first-order valence-corrected chi connectivity index (χ1v) is 15.0. The summed E-state index contributed by atoms with van der Waals surface area (Å²) in [6, 6.07) is 24.1. The molecule has 0 heterocycles. The molecule has 0 bridgehead atoms. The Bertz CT molecular complexity index is 1340. The SMILES string of the molecule is CCc1ccc(N(CC(=O)N(Cc2ccccc2)[C@H](C)C(=O)NC2CCCC2)S(=O)(=O)c2ccccc2)cc1. The topological polar surface area (TPSA) is 86.8 Å². The number of hydrogen-bond acceptors (Lipinski definition) is 4. The Hall–Kier alpha value is -3.65. The highest BCUT2D eigenvalue weighted by Crippen LogP contribution is 2.25. The minimum absolute atomic E-state index is 0.0963. The van der Waals surface area contributed by atoms with Crippen molar-refractivity contribution in [2.24, 2.45) is 0 Å². The predicted octanol–water partition coefficient (Wildman–Crippen LogP) is 4.92. The monoisotopic (exact) mass is 547 g/mol. The highest BCUT2D eigenvalue weighted by atomic mass is 32.2. The molecule has 7 nitrogen and oxygen atoms in total. The van der Waals surface area contributed by atoms with Gasteiger partial charge in [-0.25, -0.2) is 8.42 Å². The van der Waals surface area contributed by atoms with Crippen LogP contribution in [0.5, 0.6) is 0 Å². The highest BCUT2D eigenvalue weighted by Gasteiger charge is 2.33. The van der Waals surface area contributed by atoms with Gasteiger partial charge in [0.25, 0.3) is 10.0 Å². The lowest BCUT2D eigenvalue weighted by molar-refractivity contribution is -0.139. The number of amides is 2. The third-order valence-corrected chi connectivity index (χ3v) is 9.10. The number of carbonyl (C=O) groups excluding carboxylic acids is 2. The zero-order valence-corrected chi connectivity index (χ0v) is 23.4. The van der Waals surface area contributed by atoms with E-state index in [1.807, 2.05) is 49.4 Å². The number of nitrogens with zero attached hydrogens (tertiary/aromatic N) is 2. The lowest BCUT2D eigenvalue weighted by atomic mass is 10.1. The number of rotatable bonds is 11. The zero-order valence-electron chi connectivity index (χ0n) is 22.6. The van der Waals surface area contributed by atoms with Crippen LogP contribution in [0.25, 0.3) is 0 Å². The molecule has 1 aliphatic rings. The number of benzene rings is 3. The van der Waals surface area contributed by atoms with Gasteiger partial charge in [-0.2, -0.15) is 0 Å². The number of aryl methyl sites for hydroxylation is 1. The average molecular weight is 548 g/mol. The molecule has 206 valence electrons. The lowest BCUT2D eigenvalue weighted by Gasteiger charge is -2.32. The van der Waals surface area contributed by atoms with Gasteiger partial charge in [0.1, 0.15) is 12.6 Å². The molecule has 1 atom stereocenters. The van der Waals surface area contributed by atoms with E-state index in [1.54, 1.807) is 37.3 Å². The maximum absolute atomic E-state index is 14.0. The standard InChI is InChI=1S/C31H37N3O4S/c1-3-25-18-20-28(21-19-25)34(39(37,38)29-16-8-5-9-17-29)23-30(35)33(22-26-12-6-4-7-13-26)24(2)31(36)32-27-14-10-11-15-27/h4-9,12-13,16-21,24,27H,3,10-11,14-15,22-23H2,1-2H3,(H,32,36)/t24-/m1/s1. The lowest BCUT2D eigenvalue weighted by Crippen LogP contribution is -2.52. The Morgan fingerprint density at radius 2 is 1.46 bits per heavy atom. The van der Waals surface area contributed by atoms with Gasteiger partial charge in [0.05, 0.1) is 10.6 Å². The minimum atomic E-state index is -4.05. The van der Waals surface area contributed by atoms with E-state index in [2.05, 4.69) is 5.32 Å². The number of hydrogen-bond donors (Lipinski definition) is 1. The molecule has 1 saturated carbocycles. The molecule has 3 aromatic rings. The molecule has 4 rings (SSSR count). The predicted molar refractivity (Wildman–Crippen MR) is 154 cm³/mol. The smallest absolute Gasteiger partial charge is 0.264 e. The van der Waals surface area contributed by atoms with Crippen molar-refractivity contribution >= 4 is 27.5 Å². The number of nitrogens with one attached hydrogen (secondary N) is 1. The second kappa shape index (κ2) is 12.9. The molecule has 0 radical (unpaired) electrons. The van der Waals surface area contributed by atoms with Gasteiger partial charge >= 0.3 is 0 Å². The van der Waals surface area contributed by atoms with E-state index in [0.717, 1.165) is 47.5 Å². The molecule has 0 aromatic heterocycles. The van der Waals surface area contributed by atoms with Crippen molar-refractivity contribution in [2.45, 2.75) is 69.5 Å². The minimum Gasteiger partial charge on any atom is -0.352 e. The van der Waals surface area contributed by atoms with E-state index >= 15 is 0 Å². The van der Waals surface area contributed by atoms with Crippen LogP contribution in [0, 0.1) is 0 Å². The molecule has 1 aliphatic carbocycles. The Kier molecular flexibility index (Phi) is 9.41. The van der Waals surface area contributed by atoms with Gasteiger partial charge in [-0.1, -0.05) is 80.4 Å². The van der Waals surface area contributed by atoms with Gasteiger partial charge in [0.15, 0.2) is 0 Å². The van der Waals surface area contributed by atoms with E-state index in [9.17, 15) is 18.0 Å². The molecule has 0 spiro atoms. The van der Waals surface area contributed by atoms with Gasteiger partial charge in [-0.15, -0.1) is 0 Å². The summed E-state index contributed by atoms with van der Waals surface area (Å²) < 4.78 is 28.8. The van der Waals surface area contributed by atoms with E-state index in [1.165, 1.54) is 17.0 Å². The Morgan fingerprint density at radius 1 is 0.872 bits per heavy atom. The first kappa shape index (κ1) is 28.4. The summed E-state index contributed by atoms with van der Waals surface area (Å²) in [6.45, 7) is 3.48. The third kappa shape index (κ3) is 7.06. The Labute approximate surface area is 231 Å². The first-order valence-electron chi connectivity index (χ1n) is 13.6. The first-order chi connectivity index (χ1) is 18.8. The fraction of sp³-hybridized carbons (Fsp3) is 0.355. The molecular weight excluding hydrogens is 510 g/mol. The van der Waals surface area contributed by atoms with Gasteiger partial charge in [0.2, 0.25) is 11.8 Å². The summed E-state index contributed by atoms with van der Waals surface area (Å²) in [5.74, 6) is -0.678. The van der Waals surface area contributed by atoms with Crippen LogP contribution < -0.4 is 9.62 Å². The van der Waals surface area contributed by atoms with Crippen LogP contribution in [0.3, 0.4) is 0 Å². The van der Waals surface area contributed by atoms with Gasteiger partial charge < -0.3 is 10.2 Å². The fourth-order valence-corrected chi connectivity index (χ4v) is 6.34. The third-order valence-electron chi connectivity index (χ3n) is 7.31. The largest absolute Gasteiger partial charge is 0.352 e. The van der Waals surface area contributed by atoms with Crippen molar-refractivity contribution < 1.29 is 18.0 Å². The van der Waals surface area contributed by atoms with E-state index in [0.29, 0.717) is 5.69 Å². The number of sulfonamides is 1. The van der Waals surface area contributed by atoms with Crippen molar-refractivity contribution in [3.8, 4) is 0 Å². The van der Waals surface area contributed by atoms with Crippen LogP contribution in [0.15, 0.2) is 89.8 Å². The second-order valence-electron chi connectivity index (χ2n) is 10.0. The van der Waals surface area contributed by atoms with Crippen LogP contribution in [0.2, 0.25) is 0 Å². The van der Waals surface area contributed by atoms with Crippen LogP contribution in [0.4, 0.5) is 5.69 Å². The van der Waals surface area contributed by atoms with Crippen LogP contribution in [-0.2, 0) is 32.6 Å². The average Bonchev–Trinajstić information content (AvgIpc) is 3.48. The quantitative estimate of drug-likeness (QED) is 0.369. The van der Waals surface area contributed by atoms with E-state index in [4.69, 9.17) is 0 Å². The van der Waals surface area contributed by atoms with Crippen LogP contribution in [0.1, 0.15) is 50.7 Å². The molecule has 0 aliphatic heterocycles. The molecule has 0 unspecified atom stereocenters. The van der Waals surface area contributed by atoms with Crippen LogP contribution in [-0.4, -0.2) is 43.8 Å². The summed E-state index contributed by atoms with van der Waals surface area (Å²) in [5.41, 5.74) is 2.31. The number of carbonyl (C=O) groups is 2.